The molecule has 1 fully saturated rings. The molecule has 2 unspecified atom stereocenters. The summed E-state index contributed by atoms with van der Waals surface area (Å²) in [5.41, 5.74) is 0.744. The Morgan fingerprint density at radius 1 is 1.30 bits per heavy atom. The van der Waals surface area contributed by atoms with Crippen molar-refractivity contribution in [3.05, 3.63) is 11.9 Å². The number of hydrogen-bond donors (Lipinski definition) is 0. The molecule has 0 radical (unpaired) electrons. The molecule has 1 aromatic rings. The molecule has 1 heterocycles. The van der Waals surface area contributed by atoms with Crippen LogP contribution in [0.2, 0.25) is 0 Å². The molecule has 2 rings (SSSR count). The van der Waals surface area contributed by atoms with Gasteiger partial charge in [-0.1, -0.05) is 5.21 Å². The van der Waals surface area contributed by atoms with E-state index in [0.29, 0.717) is 25.4 Å². The van der Waals surface area contributed by atoms with E-state index < -0.39 is 6.29 Å². The minimum atomic E-state index is -0.416. The SMILES string of the molecule is CCOC(OCC)c1cn(C2CCCC(OC)C2)nn1. The summed E-state index contributed by atoms with van der Waals surface area (Å²) in [6.07, 6.45) is 6.27. The van der Waals surface area contributed by atoms with E-state index in [2.05, 4.69) is 10.3 Å². The van der Waals surface area contributed by atoms with Crippen molar-refractivity contribution in [2.45, 2.75) is 58.0 Å². The lowest BCUT2D eigenvalue weighted by Crippen LogP contribution is -2.24. The molecule has 1 aromatic heterocycles. The number of rotatable bonds is 7. The van der Waals surface area contributed by atoms with Crippen LogP contribution < -0.4 is 0 Å². The number of methoxy groups -OCH3 is 1. The Kier molecular flexibility index (Phi) is 5.94. The van der Waals surface area contributed by atoms with Crippen molar-refractivity contribution >= 4 is 0 Å². The van der Waals surface area contributed by atoms with Crippen molar-refractivity contribution in [1.82, 2.24) is 15.0 Å². The molecule has 0 aliphatic heterocycles. The molecule has 0 saturated heterocycles. The van der Waals surface area contributed by atoms with Crippen molar-refractivity contribution in [2.75, 3.05) is 20.3 Å². The van der Waals surface area contributed by atoms with Crippen LogP contribution >= 0.6 is 0 Å². The second kappa shape index (κ2) is 7.71. The molecule has 0 N–H and O–H groups in total. The molecular formula is C14H25N3O3. The maximum Gasteiger partial charge on any atom is 0.204 e. The van der Waals surface area contributed by atoms with Gasteiger partial charge in [0.05, 0.1) is 18.3 Å². The Bertz CT molecular complexity index is 391. The summed E-state index contributed by atoms with van der Waals surface area (Å²) >= 11 is 0. The van der Waals surface area contributed by atoms with Crippen molar-refractivity contribution in [3.8, 4) is 0 Å². The molecule has 0 aromatic carbocycles. The number of nitrogens with zero attached hydrogens (tertiary/aromatic N) is 3. The summed E-state index contributed by atoms with van der Waals surface area (Å²) in [4.78, 5) is 0. The van der Waals surface area contributed by atoms with E-state index in [1.165, 1.54) is 6.42 Å². The van der Waals surface area contributed by atoms with E-state index in [4.69, 9.17) is 14.2 Å². The Morgan fingerprint density at radius 3 is 2.70 bits per heavy atom. The third-order valence-electron chi connectivity index (χ3n) is 3.71. The molecule has 20 heavy (non-hydrogen) atoms. The second-order valence-corrected chi connectivity index (χ2v) is 5.04. The van der Waals surface area contributed by atoms with Gasteiger partial charge in [0.25, 0.3) is 0 Å². The summed E-state index contributed by atoms with van der Waals surface area (Å²) in [6, 6.07) is 0.360. The van der Waals surface area contributed by atoms with E-state index in [1.807, 2.05) is 24.7 Å². The van der Waals surface area contributed by atoms with Crippen LogP contribution in [0.5, 0.6) is 0 Å². The molecule has 6 nitrogen and oxygen atoms in total. The highest BCUT2D eigenvalue weighted by atomic mass is 16.7. The van der Waals surface area contributed by atoms with Gasteiger partial charge in [-0.15, -0.1) is 5.10 Å². The summed E-state index contributed by atoms with van der Waals surface area (Å²) in [6.45, 7) is 5.07. The molecule has 2 atom stereocenters. The maximum absolute atomic E-state index is 5.55. The molecule has 0 bridgehead atoms. The summed E-state index contributed by atoms with van der Waals surface area (Å²) in [5.74, 6) is 0. The lowest BCUT2D eigenvalue weighted by Gasteiger charge is -2.27. The first-order valence-corrected chi connectivity index (χ1v) is 7.46. The van der Waals surface area contributed by atoms with Gasteiger partial charge in [0, 0.05) is 20.3 Å². The van der Waals surface area contributed by atoms with E-state index in [-0.39, 0.29) is 0 Å². The first kappa shape index (κ1) is 15.4. The minimum Gasteiger partial charge on any atom is -0.381 e. The lowest BCUT2D eigenvalue weighted by atomic mass is 9.93. The quantitative estimate of drug-likeness (QED) is 0.719. The summed E-state index contributed by atoms with van der Waals surface area (Å²) in [7, 11) is 1.78. The zero-order chi connectivity index (χ0) is 14.4. The average molecular weight is 283 g/mol. The Balaban J connectivity index is 2.03. The zero-order valence-corrected chi connectivity index (χ0v) is 12.6. The van der Waals surface area contributed by atoms with Gasteiger partial charge in [-0.25, -0.2) is 4.68 Å². The first-order valence-electron chi connectivity index (χ1n) is 7.46. The van der Waals surface area contributed by atoms with Crippen molar-refractivity contribution in [2.24, 2.45) is 0 Å². The third kappa shape index (κ3) is 3.77. The van der Waals surface area contributed by atoms with Crippen LogP contribution in [0.3, 0.4) is 0 Å². The van der Waals surface area contributed by atoms with E-state index in [1.54, 1.807) is 7.11 Å². The highest BCUT2D eigenvalue weighted by Gasteiger charge is 2.25. The average Bonchev–Trinajstić information content (AvgIpc) is 2.97. The Labute approximate surface area is 120 Å². The van der Waals surface area contributed by atoms with Crippen LogP contribution in [0.4, 0.5) is 0 Å². The van der Waals surface area contributed by atoms with Crippen LogP contribution in [0.25, 0.3) is 0 Å². The van der Waals surface area contributed by atoms with Crippen molar-refractivity contribution < 1.29 is 14.2 Å². The fraction of sp³-hybridized carbons (Fsp3) is 0.857. The highest BCUT2D eigenvalue weighted by Crippen LogP contribution is 2.30. The Morgan fingerprint density at radius 2 is 2.05 bits per heavy atom. The molecule has 0 amide bonds. The maximum atomic E-state index is 5.55. The van der Waals surface area contributed by atoms with Crippen LogP contribution in [-0.4, -0.2) is 41.4 Å². The van der Waals surface area contributed by atoms with Gasteiger partial charge in [0.15, 0.2) is 0 Å². The molecule has 1 aliphatic carbocycles. The first-order chi connectivity index (χ1) is 9.78. The fourth-order valence-electron chi connectivity index (χ4n) is 2.67. The second-order valence-electron chi connectivity index (χ2n) is 5.04. The van der Waals surface area contributed by atoms with E-state index in [0.717, 1.165) is 25.0 Å². The lowest BCUT2D eigenvalue weighted by molar-refractivity contribution is -0.142. The van der Waals surface area contributed by atoms with Gasteiger partial charge in [-0.05, 0) is 39.5 Å². The highest BCUT2D eigenvalue weighted by molar-refractivity contribution is 4.96. The molecular weight excluding hydrogens is 258 g/mol. The fourth-order valence-corrected chi connectivity index (χ4v) is 2.67. The molecule has 0 spiro atoms. The predicted octanol–water partition coefficient (Wildman–Crippen LogP) is 2.48. The van der Waals surface area contributed by atoms with E-state index >= 15 is 0 Å². The van der Waals surface area contributed by atoms with E-state index in [9.17, 15) is 0 Å². The minimum absolute atomic E-state index is 0.330. The van der Waals surface area contributed by atoms with Gasteiger partial charge in [-0.2, -0.15) is 0 Å². The normalized spacial score (nSPS) is 23.4. The number of aromatic nitrogens is 3. The van der Waals surface area contributed by atoms with Gasteiger partial charge < -0.3 is 14.2 Å². The van der Waals surface area contributed by atoms with Crippen molar-refractivity contribution in [1.29, 1.82) is 0 Å². The van der Waals surface area contributed by atoms with Gasteiger partial charge in [0.1, 0.15) is 5.69 Å². The van der Waals surface area contributed by atoms with Gasteiger partial charge in [0.2, 0.25) is 6.29 Å². The molecule has 6 heteroatoms. The van der Waals surface area contributed by atoms with Crippen LogP contribution in [0.1, 0.15) is 57.6 Å². The number of ether oxygens (including phenoxy) is 3. The Hall–Kier alpha value is -0.980. The standard InChI is InChI=1S/C14H25N3O3/c1-4-19-14(20-5-2)13-10-17(16-15-13)11-7-6-8-12(9-11)18-3/h10-12,14H,4-9H2,1-3H3. The van der Waals surface area contributed by atoms with Crippen LogP contribution in [0.15, 0.2) is 6.20 Å². The van der Waals surface area contributed by atoms with Gasteiger partial charge in [-0.3, -0.25) is 0 Å². The smallest absolute Gasteiger partial charge is 0.204 e. The third-order valence-corrected chi connectivity index (χ3v) is 3.71. The van der Waals surface area contributed by atoms with Crippen LogP contribution in [-0.2, 0) is 14.2 Å². The number of hydrogen-bond acceptors (Lipinski definition) is 5. The molecule has 1 saturated carbocycles. The van der Waals surface area contributed by atoms with Gasteiger partial charge >= 0.3 is 0 Å². The summed E-state index contributed by atoms with van der Waals surface area (Å²) < 4.78 is 18.5. The van der Waals surface area contributed by atoms with Crippen molar-refractivity contribution in [3.63, 3.8) is 0 Å². The molecule has 114 valence electrons. The monoisotopic (exact) mass is 283 g/mol. The summed E-state index contributed by atoms with van der Waals surface area (Å²) in [5, 5.41) is 8.45. The largest absolute Gasteiger partial charge is 0.381 e. The topological polar surface area (TPSA) is 58.4 Å². The zero-order valence-electron chi connectivity index (χ0n) is 12.6. The molecule has 1 aliphatic rings. The predicted molar refractivity (Wildman–Crippen MR) is 74.3 cm³/mol. The van der Waals surface area contributed by atoms with Crippen LogP contribution in [0, 0.1) is 0 Å².